The molecule has 1 unspecified atom stereocenters. The van der Waals surface area contributed by atoms with Crippen LogP contribution in [-0.2, 0) is 22.7 Å². The quantitative estimate of drug-likeness (QED) is 0.179. The molecule has 3 aromatic carbocycles. The average Bonchev–Trinajstić information content (AvgIpc) is 3.56. The Kier molecular flexibility index (Phi) is 7.54. The molecule has 1 atom stereocenters. The highest BCUT2D eigenvalue weighted by Gasteiger charge is 2.45. The standard InChI is InChI=1S/C31H28FN3O4/c1-21-8-9-24(18-26(21)32)29(36)27-28(35(31(38)30(27)37)16-5-15-34-17-14-33-20-34)23-10-12-25(13-11-23)39-19-22-6-3-2-4-7-22/h2-4,6-14,17-18,20,28,36H,5,15-16,19H2,1H3/b29-27+. The molecule has 1 N–H and O–H groups in total. The lowest BCUT2D eigenvalue weighted by Gasteiger charge is -2.25. The number of carbonyl (C=O) groups is 2. The van der Waals surface area contributed by atoms with Crippen molar-refractivity contribution in [1.29, 1.82) is 0 Å². The normalized spacial score (nSPS) is 16.6. The number of amides is 1. The predicted molar refractivity (Wildman–Crippen MR) is 144 cm³/mol. The number of rotatable bonds is 9. The van der Waals surface area contributed by atoms with Crippen LogP contribution >= 0.6 is 0 Å². The van der Waals surface area contributed by atoms with Gasteiger partial charge in [-0.2, -0.15) is 0 Å². The second-order valence-electron chi connectivity index (χ2n) is 9.45. The summed E-state index contributed by atoms with van der Waals surface area (Å²) in [6.45, 7) is 2.88. The Labute approximate surface area is 225 Å². The van der Waals surface area contributed by atoms with Crippen molar-refractivity contribution in [2.75, 3.05) is 6.54 Å². The number of benzene rings is 3. The van der Waals surface area contributed by atoms with E-state index in [-0.39, 0.29) is 17.7 Å². The van der Waals surface area contributed by atoms with Crippen LogP contribution in [0.3, 0.4) is 0 Å². The summed E-state index contributed by atoms with van der Waals surface area (Å²) in [5, 5.41) is 11.2. The molecule has 7 nitrogen and oxygen atoms in total. The van der Waals surface area contributed by atoms with E-state index in [4.69, 9.17) is 4.74 Å². The number of aryl methyl sites for hydroxylation is 2. The fourth-order valence-corrected chi connectivity index (χ4v) is 4.68. The van der Waals surface area contributed by atoms with Crippen molar-refractivity contribution in [2.24, 2.45) is 0 Å². The fraction of sp³-hybridized carbons (Fsp3) is 0.194. The summed E-state index contributed by atoms with van der Waals surface area (Å²) in [6.07, 6.45) is 5.75. The molecule has 1 aliphatic rings. The van der Waals surface area contributed by atoms with Gasteiger partial charge < -0.3 is 19.3 Å². The summed E-state index contributed by atoms with van der Waals surface area (Å²) in [5.74, 6) is -1.79. The van der Waals surface area contributed by atoms with E-state index in [0.29, 0.717) is 36.4 Å². The molecule has 0 bridgehead atoms. The summed E-state index contributed by atoms with van der Waals surface area (Å²) < 4.78 is 22.1. The molecule has 2 heterocycles. The van der Waals surface area contributed by atoms with E-state index in [1.54, 1.807) is 43.7 Å². The van der Waals surface area contributed by atoms with Gasteiger partial charge in [0.25, 0.3) is 11.7 Å². The summed E-state index contributed by atoms with van der Waals surface area (Å²) in [7, 11) is 0. The van der Waals surface area contributed by atoms with Crippen molar-refractivity contribution in [3.63, 3.8) is 0 Å². The van der Waals surface area contributed by atoms with Crippen LogP contribution in [0.1, 0.15) is 34.7 Å². The molecule has 1 amide bonds. The van der Waals surface area contributed by atoms with Crippen LogP contribution in [-0.4, -0.2) is 37.8 Å². The summed E-state index contributed by atoms with van der Waals surface area (Å²) in [5.41, 5.74) is 2.15. The lowest BCUT2D eigenvalue weighted by Crippen LogP contribution is -2.31. The first-order chi connectivity index (χ1) is 18.9. The Balaban J connectivity index is 1.46. The number of imidazole rings is 1. The first kappa shape index (κ1) is 25.9. The molecule has 1 fully saturated rings. The third kappa shape index (κ3) is 5.60. The van der Waals surface area contributed by atoms with Gasteiger partial charge in [-0.1, -0.05) is 54.6 Å². The van der Waals surface area contributed by atoms with Gasteiger partial charge in [0.05, 0.1) is 17.9 Å². The maximum Gasteiger partial charge on any atom is 0.295 e. The molecule has 1 aliphatic heterocycles. The predicted octanol–water partition coefficient (Wildman–Crippen LogP) is 5.42. The number of likely N-dealkylation sites (tertiary alicyclic amines) is 1. The van der Waals surface area contributed by atoms with Gasteiger partial charge in [0.1, 0.15) is 23.9 Å². The second-order valence-corrected chi connectivity index (χ2v) is 9.45. The van der Waals surface area contributed by atoms with Gasteiger partial charge in [-0.25, -0.2) is 9.37 Å². The second kappa shape index (κ2) is 11.3. The monoisotopic (exact) mass is 525 g/mol. The minimum absolute atomic E-state index is 0.0659. The van der Waals surface area contributed by atoms with Crippen LogP contribution in [0.4, 0.5) is 4.39 Å². The molecular formula is C31H28FN3O4. The molecule has 5 rings (SSSR count). The van der Waals surface area contributed by atoms with Crippen LogP contribution in [0, 0.1) is 12.7 Å². The van der Waals surface area contributed by atoms with Gasteiger partial charge in [-0.15, -0.1) is 0 Å². The zero-order chi connectivity index (χ0) is 27.4. The van der Waals surface area contributed by atoms with Crippen molar-refractivity contribution >= 4 is 17.4 Å². The first-order valence-electron chi connectivity index (χ1n) is 12.7. The Morgan fingerprint density at radius 2 is 1.79 bits per heavy atom. The number of Topliss-reactive ketones (excluding diaryl/α,β-unsaturated/α-hetero) is 1. The van der Waals surface area contributed by atoms with Gasteiger partial charge in [0.2, 0.25) is 0 Å². The Morgan fingerprint density at radius 1 is 1.03 bits per heavy atom. The molecule has 198 valence electrons. The lowest BCUT2D eigenvalue weighted by molar-refractivity contribution is -0.139. The van der Waals surface area contributed by atoms with Gasteiger partial charge >= 0.3 is 0 Å². The first-order valence-corrected chi connectivity index (χ1v) is 12.7. The highest BCUT2D eigenvalue weighted by molar-refractivity contribution is 6.46. The highest BCUT2D eigenvalue weighted by atomic mass is 19.1. The summed E-state index contributed by atoms with van der Waals surface area (Å²) in [6, 6.07) is 20.3. The SMILES string of the molecule is Cc1ccc(/C(O)=C2\C(=O)C(=O)N(CCCn3ccnc3)C2c2ccc(OCc3ccccc3)cc2)cc1F. The number of aromatic nitrogens is 2. The van der Waals surface area contributed by atoms with Gasteiger partial charge in [-0.05, 0) is 48.2 Å². The number of ketones is 1. The molecular weight excluding hydrogens is 497 g/mol. The Hall–Kier alpha value is -4.72. The van der Waals surface area contributed by atoms with Crippen molar-refractivity contribution in [3.05, 3.63) is 125 Å². The molecule has 0 saturated carbocycles. The number of aliphatic hydroxyl groups is 1. The third-order valence-electron chi connectivity index (χ3n) is 6.80. The van der Waals surface area contributed by atoms with E-state index in [2.05, 4.69) is 4.98 Å². The lowest BCUT2D eigenvalue weighted by atomic mass is 9.95. The minimum atomic E-state index is -0.833. The number of aliphatic hydroxyl groups excluding tert-OH is 1. The molecule has 1 saturated heterocycles. The van der Waals surface area contributed by atoms with Crippen molar-refractivity contribution in [2.45, 2.75) is 32.5 Å². The number of hydrogen-bond donors (Lipinski definition) is 1. The Bertz CT molecular complexity index is 1500. The Morgan fingerprint density at radius 3 is 2.49 bits per heavy atom. The molecule has 8 heteroatoms. The molecule has 4 aromatic rings. The molecule has 0 spiro atoms. The summed E-state index contributed by atoms with van der Waals surface area (Å²) in [4.78, 5) is 31.9. The van der Waals surface area contributed by atoms with E-state index >= 15 is 0 Å². The van der Waals surface area contributed by atoms with Crippen molar-refractivity contribution in [1.82, 2.24) is 14.5 Å². The zero-order valence-electron chi connectivity index (χ0n) is 21.5. The topological polar surface area (TPSA) is 84.7 Å². The molecule has 39 heavy (non-hydrogen) atoms. The molecule has 0 aliphatic carbocycles. The maximum atomic E-state index is 14.3. The van der Waals surface area contributed by atoms with Gasteiger partial charge in [0.15, 0.2) is 0 Å². The number of nitrogens with zero attached hydrogens (tertiary/aromatic N) is 3. The molecule has 0 radical (unpaired) electrons. The van der Waals surface area contributed by atoms with Gasteiger partial charge in [0, 0.05) is 31.0 Å². The number of halogens is 1. The largest absolute Gasteiger partial charge is 0.507 e. The van der Waals surface area contributed by atoms with E-state index in [1.807, 2.05) is 41.1 Å². The highest BCUT2D eigenvalue weighted by Crippen LogP contribution is 2.40. The van der Waals surface area contributed by atoms with Crippen LogP contribution in [0.2, 0.25) is 0 Å². The zero-order valence-corrected chi connectivity index (χ0v) is 21.5. The van der Waals surface area contributed by atoms with Gasteiger partial charge in [-0.3, -0.25) is 9.59 Å². The smallest absolute Gasteiger partial charge is 0.295 e. The fourth-order valence-electron chi connectivity index (χ4n) is 4.68. The number of ether oxygens (including phenoxy) is 1. The number of hydrogen-bond acceptors (Lipinski definition) is 5. The summed E-state index contributed by atoms with van der Waals surface area (Å²) >= 11 is 0. The average molecular weight is 526 g/mol. The van der Waals surface area contributed by atoms with E-state index in [9.17, 15) is 19.1 Å². The van der Waals surface area contributed by atoms with Crippen LogP contribution in [0.25, 0.3) is 5.76 Å². The van der Waals surface area contributed by atoms with E-state index in [1.165, 1.54) is 23.1 Å². The van der Waals surface area contributed by atoms with Crippen LogP contribution < -0.4 is 4.74 Å². The third-order valence-corrected chi connectivity index (χ3v) is 6.80. The van der Waals surface area contributed by atoms with E-state index < -0.39 is 29.3 Å². The van der Waals surface area contributed by atoms with E-state index in [0.717, 1.165) is 5.56 Å². The molecule has 1 aromatic heterocycles. The minimum Gasteiger partial charge on any atom is -0.507 e. The van der Waals surface area contributed by atoms with Crippen molar-refractivity contribution in [3.8, 4) is 5.75 Å². The van der Waals surface area contributed by atoms with Crippen LogP contribution in [0.15, 0.2) is 97.1 Å². The van der Waals surface area contributed by atoms with Crippen LogP contribution in [0.5, 0.6) is 5.75 Å². The number of carbonyl (C=O) groups excluding carboxylic acids is 2. The van der Waals surface area contributed by atoms with Crippen molar-refractivity contribution < 1.29 is 23.8 Å². The maximum absolute atomic E-state index is 14.3.